The van der Waals surface area contributed by atoms with Crippen LogP contribution in [0.1, 0.15) is 27.2 Å². The van der Waals surface area contributed by atoms with E-state index in [0.717, 1.165) is 11.0 Å². The summed E-state index contributed by atoms with van der Waals surface area (Å²) in [6, 6.07) is -0.567. The van der Waals surface area contributed by atoms with Gasteiger partial charge in [-0.05, 0) is 27.2 Å². The maximum absolute atomic E-state index is 12.5. The Morgan fingerprint density at radius 1 is 1.33 bits per heavy atom. The molecule has 1 N–H and O–H groups in total. The number of carboxylic acids is 1. The highest BCUT2D eigenvalue weighted by Gasteiger charge is 2.37. The van der Waals surface area contributed by atoms with Crippen molar-refractivity contribution in [1.82, 2.24) is 9.80 Å². The van der Waals surface area contributed by atoms with Crippen molar-refractivity contribution in [2.75, 3.05) is 19.6 Å². The number of amides is 2. The predicted molar refractivity (Wildman–Crippen MR) is 69.8 cm³/mol. The lowest BCUT2D eigenvalue weighted by molar-refractivity contribution is -0.138. The second-order valence-corrected chi connectivity index (χ2v) is 5.86. The third kappa shape index (κ3) is 4.64. The van der Waals surface area contributed by atoms with Crippen LogP contribution in [0.4, 0.5) is 18.0 Å². The fraction of sp³-hybridized carbons (Fsp3) is 0.692. The fourth-order valence-electron chi connectivity index (χ4n) is 2.00. The molecule has 0 fully saturated rings. The van der Waals surface area contributed by atoms with E-state index in [1.165, 1.54) is 4.90 Å². The molecule has 1 heterocycles. The lowest BCUT2D eigenvalue weighted by atomic mass is 10.1. The van der Waals surface area contributed by atoms with Gasteiger partial charge < -0.3 is 14.9 Å². The largest absolute Gasteiger partial charge is 0.480 e. The van der Waals surface area contributed by atoms with Crippen LogP contribution in [0.2, 0.25) is 0 Å². The van der Waals surface area contributed by atoms with Gasteiger partial charge in [0, 0.05) is 24.2 Å². The summed E-state index contributed by atoms with van der Waals surface area (Å²) in [5.74, 6) is -1.16. The van der Waals surface area contributed by atoms with Crippen molar-refractivity contribution in [2.45, 2.75) is 38.9 Å². The number of alkyl halides is 3. The van der Waals surface area contributed by atoms with Crippen molar-refractivity contribution in [3.05, 3.63) is 11.6 Å². The number of halogens is 3. The van der Waals surface area contributed by atoms with Crippen LogP contribution < -0.4 is 0 Å². The van der Waals surface area contributed by atoms with E-state index in [2.05, 4.69) is 0 Å². The standard InChI is InChI=1S/C13H19F3N2O3/c1-12(2,3)18(8-10(19)20)11(21)17-6-4-9(5-7-17)13(14,15)16/h4H,5-8H2,1-3H3,(H,19,20). The van der Waals surface area contributed by atoms with E-state index in [-0.39, 0.29) is 19.5 Å². The Kier molecular flexibility index (Phi) is 4.91. The van der Waals surface area contributed by atoms with Crippen LogP contribution in [0, 0.1) is 0 Å². The van der Waals surface area contributed by atoms with Crippen molar-refractivity contribution in [3.63, 3.8) is 0 Å². The highest BCUT2D eigenvalue weighted by atomic mass is 19.4. The van der Waals surface area contributed by atoms with Crippen LogP contribution in [0.25, 0.3) is 0 Å². The zero-order valence-electron chi connectivity index (χ0n) is 12.2. The minimum Gasteiger partial charge on any atom is -0.480 e. The Hall–Kier alpha value is -1.73. The molecule has 1 aliphatic rings. The first-order valence-corrected chi connectivity index (χ1v) is 6.47. The Morgan fingerprint density at radius 3 is 2.24 bits per heavy atom. The molecule has 0 saturated heterocycles. The molecular weight excluding hydrogens is 289 g/mol. The molecule has 0 spiro atoms. The molecule has 5 nitrogen and oxygen atoms in total. The van der Waals surface area contributed by atoms with E-state index in [0.29, 0.717) is 0 Å². The first-order chi connectivity index (χ1) is 9.43. The van der Waals surface area contributed by atoms with Crippen molar-refractivity contribution < 1.29 is 27.9 Å². The van der Waals surface area contributed by atoms with Gasteiger partial charge in [0.1, 0.15) is 6.54 Å². The molecule has 0 aromatic heterocycles. The number of urea groups is 1. The van der Waals surface area contributed by atoms with Gasteiger partial charge in [-0.1, -0.05) is 6.08 Å². The van der Waals surface area contributed by atoms with Gasteiger partial charge in [-0.2, -0.15) is 13.2 Å². The monoisotopic (exact) mass is 308 g/mol. The molecule has 120 valence electrons. The molecule has 0 atom stereocenters. The summed E-state index contributed by atoms with van der Waals surface area (Å²) in [7, 11) is 0. The molecule has 1 rings (SSSR count). The lowest BCUT2D eigenvalue weighted by Gasteiger charge is -2.39. The van der Waals surface area contributed by atoms with Gasteiger partial charge in [0.2, 0.25) is 0 Å². The molecule has 0 radical (unpaired) electrons. The van der Waals surface area contributed by atoms with Crippen LogP contribution in [0.3, 0.4) is 0 Å². The third-order valence-electron chi connectivity index (χ3n) is 3.18. The van der Waals surface area contributed by atoms with E-state index < -0.39 is 35.8 Å². The molecule has 0 aliphatic carbocycles. The van der Waals surface area contributed by atoms with Gasteiger partial charge in [0.25, 0.3) is 0 Å². The Balaban J connectivity index is 2.84. The highest BCUT2D eigenvalue weighted by molar-refractivity contribution is 5.81. The SMILES string of the molecule is CC(C)(C)N(CC(=O)O)C(=O)N1CC=C(C(F)(F)F)CC1. The molecule has 8 heteroatoms. The zero-order valence-corrected chi connectivity index (χ0v) is 12.2. The topological polar surface area (TPSA) is 60.9 Å². The van der Waals surface area contributed by atoms with Crippen molar-refractivity contribution in [2.24, 2.45) is 0 Å². The maximum atomic E-state index is 12.5. The summed E-state index contributed by atoms with van der Waals surface area (Å²) in [6.45, 7) is 4.29. The van der Waals surface area contributed by atoms with E-state index >= 15 is 0 Å². The summed E-state index contributed by atoms with van der Waals surface area (Å²) in [4.78, 5) is 25.5. The Bertz CT molecular complexity index is 453. The lowest BCUT2D eigenvalue weighted by Crippen LogP contribution is -2.54. The summed E-state index contributed by atoms with van der Waals surface area (Å²) >= 11 is 0. The maximum Gasteiger partial charge on any atom is 0.412 e. The van der Waals surface area contributed by atoms with Crippen molar-refractivity contribution in [1.29, 1.82) is 0 Å². The zero-order chi connectivity index (χ0) is 16.4. The number of rotatable bonds is 2. The van der Waals surface area contributed by atoms with E-state index in [4.69, 9.17) is 5.11 Å². The van der Waals surface area contributed by atoms with Gasteiger partial charge in [-0.25, -0.2) is 4.79 Å². The quantitative estimate of drug-likeness (QED) is 0.797. The number of nitrogens with zero attached hydrogens (tertiary/aromatic N) is 2. The second-order valence-electron chi connectivity index (χ2n) is 5.86. The van der Waals surface area contributed by atoms with Crippen LogP contribution in [0.15, 0.2) is 11.6 Å². The first kappa shape index (κ1) is 17.3. The fourth-order valence-corrected chi connectivity index (χ4v) is 2.00. The Labute approximate surface area is 121 Å². The second kappa shape index (κ2) is 5.95. The molecule has 1 aliphatic heterocycles. The van der Waals surface area contributed by atoms with Gasteiger partial charge >= 0.3 is 18.2 Å². The summed E-state index contributed by atoms with van der Waals surface area (Å²) in [5.41, 5.74) is -1.38. The van der Waals surface area contributed by atoms with Gasteiger partial charge in [-0.15, -0.1) is 0 Å². The summed E-state index contributed by atoms with van der Waals surface area (Å²) in [6.07, 6.45) is -3.68. The third-order valence-corrected chi connectivity index (χ3v) is 3.18. The number of carbonyl (C=O) groups is 2. The van der Waals surface area contributed by atoms with E-state index in [9.17, 15) is 22.8 Å². The predicted octanol–water partition coefficient (Wildman–Crippen LogP) is 2.49. The number of hydrogen-bond donors (Lipinski definition) is 1. The van der Waals surface area contributed by atoms with Gasteiger partial charge in [0.15, 0.2) is 0 Å². The van der Waals surface area contributed by atoms with Crippen molar-refractivity contribution >= 4 is 12.0 Å². The minimum atomic E-state index is -4.38. The summed E-state index contributed by atoms with van der Waals surface area (Å²) < 4.78 is 37.6. The van der Waals surface area contributed by atoms with E-state index in [1.807, 2.05) is 0 Å². The molecule has 0 aromatic carbocycles. The van der Waals surface area contributed by atoms with E-state index in [1.54, 1.807) is 20.8 Å². The number of carbonyl (C=O) groups excluding carboxylic acids is 1. The summed E-state index contributed by atoms with van der Waals surface area (Å²) in [5, 5.41) is 8.87. The number of hydrogen-bond acceptors (Lipinski definition) is 2. The smallest absolute Gasteiger partial charge is 0.412 e. The number of carboxylic acid groups (broad SMARTS) is 1. The molecule has 0 aromatic rings. The minimum absolute atomic E-state index is 0.0730. The average Bonchev–Trinajstić information content (AvgIpc) is 2.33. The molecular formula is C13H19F3N2O3. The normalized spacial score (nSPS) is 16.5. The average molecular weight is 308 g/mol. The van der Waals surface area contributed by atoms with Gasteiger partial charge in [0.05, 0.1) is 0 Å². The van der Waals surface area contributed by atoms with Crippen LogP contribution in [-0.2, 0) is 4.79 Å². The van der Waals surface area contributed by atoms with Crippen molar-refractivity contribution in [3.8, 4) is 0 Å². The molecule has 0 saturated carbocycles. The highest BCUT2D eigenvalue weighted by Crippen LogP contribution is 2.30. The first-order valence-electron chi connectivity index (χ1n) is 6.47. The van der Waals surface area contributed by atoms with Crippen LogP contribution in [-0.4, -0.2) is 58.3 Å². The molecule has 21 heavy (non-hydrogen) atoms. The molecule has 0 bridgehead atoms. The molecule has 2 amide bonds. The van der Waals surface area contributed by atoms with Gasteiger partial charge in [-0.3, -0.25) is 4.79 Å². The Morgan fingerprint density at radius 2 is 1.90 bits per heavy atom. The van der Waals surface area contributed by atoms with Crippen LogP contribution >= 0.6 is 0 Å². The number of aliphatic carboxylic acids is 1. The van der Waals surface area contributed by atoms with Crippen LogP contribution in [0.5, 0.6) is 0 Å². The molecule has 0 unspecified atom stereocenters.